The second kappa shape index (κ2) is 40.8. The van der Waals surface area contributed by atoms with Crippen molar-refractivity contribution in [2.24, 2.45) is 0 Å². The molecule has 8 bridgehead atoms. The SMILES string of the molecule is COCCOCCOCCOc1ccc(COc2cc(-c3c4nc(cc5ccc([nH]5)c(-c5ccc(C#Cc6cccc(N7CCCC7)c6)cc5)c5nc(cc6ccc3[nH]6)C=C5)C=C4)cc(OCc3ccc(OCCOCCOCCOC)cc3)c2OCc2ccc(OCCOCCOCCOC)cc2)cc1. The fourth-order valence-electron chi connectivity index (χ4n) is 11.9. The molecular formula is C86H93N5O15. The van der Waals surface area contributed by atoms with Gasteiger partial charge in [0.15, 0.2) is 11.5 Å². The van der Waals surface area contributed by atoms with Gasteiger partial charge in [0.2, 0.25) is 5.75 Å². The number of fused-ring (bicyclic) bond motifs is 8. The Kier molecular flexibility index (Phi) is 29.1. The second-order valence-corrected chi connectivity index (χ2v) is 25.1. The van der Waals surface area contributed by atoms with Crippen LogP contribution in [0.3, 0.4) is 0 Å². The van der Waals surface area contributed by atoms with Crippen molar-refractivity contribution in [3.05, 3.63) is 220 Å². The highest BCUT2D eigenvalue weighted by molar-refractivity contribution is 5.94. The van der Waals surface area contributed by atoms with Gasteiger partial charge >= 0.3 is 0 Å². The van der Waals surface area contributed by atoms with Crippen molar-refractivity contribution in [3.63, 3.8) is 0 Å². The van der Waals surface area contributed by atoms with Gasteiger partial charge in [-0.3, -0.25) is 0 Å². The number of aromatic nitrogens is 4. The minimum Gasteiger partial charge on any atom is -0.491 e. The Bertz CT molecular complexity index is 4430. The molecule has 20 heteroatoms. The Hall–Kier alpha value is -10.3. The number of benzene rings is 6. The molecule has 0 atom stereocenters. The topological polar surface area (TPSA) is 199 Å². The minimum absolute atomic E-state index is 0.162. The molecule has 0 radical (unpaired) electrons. The molecule has 552 valence electrons. The first kappa shape index (κ1) is 75.4. The third kappa shape index (κ3) is 22.9. The van der Waals surface area contributed by atoms with Crippen LogP contribution in [0.5, 0.6) is 34.5 Å². The average molecular weight is 1440 g/mol. The predicted molar refractivity (Wildman–Crippen MR) is 413 cm³/mol. The van der Waals surface area contributed by atoms with E-state index < -0.39 is 0 Å². The van der Waals surface area contributed by atoms with Crippen LogP contribution in [-0.2, 0) is 62.5 Å². The number of hydrogen-bond donors (Lipinski definition) is 2. The molecule has 3 aliphatic heterocycles. The molecule has 0 spiro atoms. The Morgan fingerprint density at radius 3 is 1.21 bits per heavy atom. The maximum atomic E-state index is 6.99. The number of anilines is 1. The van der Waals surface area contributed by atoms with E-state index in [0.717, 1.165) is 102 Å². The number of methoxy groups -OCH3 is 3. The van der Waals surface area contributed by atoms with E-state index in [1.807, 2.05) is 103 Å². The summed E-state index contributed by atoms with van der Waals surface area (Å²) in [7, 11) is 4.94. The summed E-state index contributed by atoms with van der Waals surface area (Å²) in [4.78, 5) is 20.5. The quantitative estimate of drug-likeness (QED) is 0.0270. The van der Waals surface area contributed by atoms with Gasteiger partial charge in [-0.15, -0.1) is 0 Å². The van der Waals surface area contributed by atoms with Crippen LogP contribution in [0, 0.1) is 11.8 Å². The van der Waals surface area contributed by atoms with E-state index in [1.54, 1.807) is 21.3 Å². The maximum absolute atomic E-state index is 6.99. The van der Waals surface area contributed by atoms with Gasteiger partial charge in [-0.25, -0.2) is 9.97 Å². The molecule has 3 aliphatic rings. The van der Waals surface area contributed by atoms with Gasteiger partial charge < -0.3 is 85.9 Å². The number of aromatic amines is 2. The molecule has 3 aromatic heterocycles. The van der Waals surface area contributed by atoms with Crippen LogP contribution >= 0.6 is 0 Å². The van der Waals surface area contributed by atoms with Gasteiger partial charge in [0.1, 0.15) is 56.9 Å². The molecule has 6 heterocycles. The molecular weight excluding hydrogens is 1340 g/mol. The smallest absolute Gasteiger partial charge is 0.203 e. The minimum atomic E-state index is 0.162. The summed E-state index contributed by atoms with van der Waals surface area (Å²) in [5, 5.41) is 0. The Morgan fingerprint density at radius 2 is 0.764 bits per heavy atom. The zero-order valence-corrected chi connectivity index (χ0v) is 60.6. The summed E-state index contributed by atoms with van der Waals surface area (Å²) in [5.41, 5.74) is 15.8. The van der Waals surface area contributed by atoms with Crippen LogP contribution < -0.4 is 33.3 Å². The van der Waals surface area contributed by atoms with Crippen LogP contribution in [0.2, 0.25) is 0 Å². The lowest BCUT2D eigenvalue weighted by Gasteiger charge is -2.20. The van der Waals surface area contributed by atoms with E-state index in [2.05, 4.69) is 118 Å². The fourth-order valence-corrected chi connectivity index (χ4v) is 11.9. The normalized spacial score (nSPS) is 12.3. The molecule has 20 nitrogen and oxygen atoms in total. The van der Waals surface area contributed by atoms with Crippen LogP contribution in [-0.4, -0.2) is 173 Å². The molecule has 12 rings (SSSR count). The van der Waals surface area contributed by atoms with E-state index >= 15 is 0 Å². The summed E-state index contributed by atoms with van der Waals surface area (Å²) in [5.74, 6) is 10.2. The van der Waals surface area contributed by atoms with Gasteiger partial charge in [0.25, 0.3) is 0 Å². The number of nitrogens with zero attached hydrogens (tertiary/aromatic N) is 3. The lowest BCUT2D eigenvalue weighted by atomic mass is 10.0. The molecule has 6 aromatic carbocycles. The first-order valence-corrected chi connectivity index (χ1v) is 36.1. The number of hydrogen-bond acceptors (Lipinski definition) is 18. The Morgan fingerprint density at radius 1 is 0.358 bits per heavy atom. The zero-order chi connectivity index (χ0) is 72.6. The summed E-state index contributed by atoms with van der Waals surface area (Å²) >= 11 is 0. The average Bonchev–Trinajstić information content (AvgIpc) is 1.40. The highest BCUT2D eigenvalue weighted by Crippen LogP contribution is 2.45. The highest BCUT2D eigenvalue weighted by Gasteiger charge is 2.22. The van der Waals surface area contributed by atoms with Crippen molar-refractivity contribution in [2.75, 3.05) is 158 Å². The van der Waals surface area contributed by atoms with Crippen LogP contribution in [0.1, 0.15) is 63.4 Å². The lowest BCUT2D eigenvalue weighted by Crippen LogP contribution is -2.17. The zero-order valence-electron chi connectivity index (χ0n) is 60.6. The van der Waals surface area contributed by atoms with Gasteiger partial charge in [-0.05, 0) is 180 Å². The number of H-pyrrole nitrogens is 2. The van der Waals surface area contributed by atoms with Crippen LogP contribution in [0.15, 0.2) is 170 Å². The number of rotatable bonds is 42. The summed E-state index contributed by atoms with van der Waals surface area (Å²) in [6.07, 6.45) is 10.6. The summed E-state index contributed by atoms with van der Waals surface area (Å²) in [6, 6.07) is 56.8. The van der Waals surface area contributed by atoms with Crippen molar-refractivity contribution in [3.8, 4) is 68.6 Å². The van der Waals surface area contributed by atoms with Crippen molar-refractivity contribution in [1.29, 1.82) is 0 Å². The van der Waals surface area contributed by atoms with E-state index in [4.69, 9.17) is 81.0 Å². The standard InChI is InChI=1S/C86H93N5O15/c1-92-37-40-95-43-46-98-49-52-101-75-25-13-65(14-26-75)60-104-82-56-69(57-83(105-61-66-15-27-76(28-16-66)102-53-50-99-47-44-96-41-38-93-2)86(82)106-62-67-17-29-77(30-18-67)103-54-51-100-48-45-97-42-39-94-3)85-80-33-23-72(89-80)58-70-21-31-78(87-70)84(79-32-22-71(88-79)59-73-24-34-81(85)90-73)68-19-11-63(12-20-68)9-10-64-7-6-8-74(55-64)91-35-4-5-36-91/h6-8,11-34,55-59,87,90H,4-5,35-54,60-62H2,1-3H3. The first-order valence-electron chi connectivity index (χ1n) is 36.1. The van der Waals surface area contributed by atoms with Crippen molar-refractivity contribution >= 4 is 52.1 Å². The summed E-state index contributed by atoms with van der Waals surface area (Å²) in [6.45, 7) is 11.0. The number of nitrogens with one attached hydrogen (secondary N) is 2. The van der Waals surface area contributed by atoms with E-state index in [1.165, 1.54) is 18.5 Å². The first-order chi connectivity index (χ1) is 52.4. The van der Waals surface area contributed by atoms with Crippen molar-refractivity contribution < 1.29 is 71.1 Å². The third-order valence-corrected chi connectivity index (χ3v) is 17.4. The number of ether oxygens (including phenoxy) is 15. The maximum Gasteiger partial charge on any atom is 0.203 e. The van der Waals surface area contributed by atoms with E-state index in [-0.39, 0.29) is 19.8 Å². The lowest BCUT2D eigenvalue weighted by molar-refractivity contribution is 0.0179. The largest absolute Gasteiger partial charge is 0.491 e. The highest BCUT2D eigenvalue weighted by atomic mass is 16.6. The van der Waals surface area contributed by atoms with Gasteiger partial charge in [-0.1, -0.05) is 66.4 Å². The molecule has 0 unspecified atom stereocenters. The van der Waals surface area contributed by atoms with Crippen LogP contribution in [0.4, 0.5) is 5.69 Å². The Balaban J connectivity index is 0.860. The molecule has 1 saturated heterocycles. The second-order valence-electron chi connectivity index (χ2n) is 25.1. The molecule has 9 aromatic rings. The molecule has 106 heavy (non-hydrogen) atoms. The van der Waals surface area contributed by atoms with Gasteiger partial charge in [-0.2, -0.15) is 0 Å². The fraction of sp³-hybridized carbons (Fsp3) is 0.326. The van der Waals surface area contributed by atoms with E-state index in [0.29, 0.717) is 159 Å². The van der Waals surface area contributed by atoms with Gasteiger partial charge in [0.05, 0.1) is 122 Å². The Labute approximate surface area is 620 Å². The summed E-state index contributed by atoms with van der Waals surface area (Å²) < 4.78 is 88.0. The van der Waals surface area contributed by atoms with Crippen molar-refractivity contribution in [1.82, 2.24) is 19.9 Å². The third-order valence-electron chi connectivity index (χ3n) is 17.4. The molecule has 0 aliphatic carbocycles. The molecule has 1 fully saturated rings. The van der Waals surface area contributed by atoms with E-state index in [9.17, 15) is 0 Å². The predicted octanol–water partition coefficient (Wildman–Crippen LogP) is 14.9. The van der Waals surface area contributed by atoms with Gasteiger partial charge in [0, 0.05) is 84.4 Å². The molecule has 2 N–H and O–H groups in total. The van der Waals surface area contributed by atoms with Crippen LogP contribution in [0.25, 0.3) is 68.6 Å². The molecule has 0 saturated carbocycles. The molecule has 0 amide bonds. The van der Waals surface area contributed by atoms with Crippen molar-refractivity contribution in [2.45, 2.75) is 32.7 Å². The monoisotopic (exact) mass is 1440 g/mol.